The maximum absolute atomic E-state index is 9.79. The second kappa shape index (κ2) is 4.35. The van der Waals surface area contributed by atoms with Crippen molar-refractivity contribution in [2.24, 2.45) is 0 Å². The summed E-state index contributed by atoms with van der Waals surface area (Å²) in [4.78, 5) is 0. The lowest BCUT2D eigenvalue weighted by Crippen LogP contribution is -2.47. The Labute approximate surface area is 93.1 Å². The molecule has 1 aromatic carbocycles. The Bertz CT molecular complexity index is 387. The second-order valence-corrected chi connectivity index (χ2v) is 3.90. The summed E-state index contributed by atoms with van der Waals surface area (Å²) in [6, 6.07) is 8.97. The molecule has 0 aliphatic heterocycles. The molecular weight excluding hydrogens is 208 g/mol. The molecule has 4 nitrogen and oxygen atoms in total. The van der Waals surface area contributed by atoms with Gasteiger partial charge in [-0.3, -0.25) is 0 Å². The van der Waals surface area contributed by atoms with Crippen LogP contribution in [0.4, 0.5) is 0 Å². The molecule has 4 heteroatoms. The van der Waals surface area contributed by atoms with Crippen molar-refractivity contribution in [3.8, 4) is 0 Å². The van der Waals surface area contributed by atoms with Gasteiger partial charge in [0.1, 0.15) is 24.4 Å². The molecule has 0 bridgehead atoms. The lowest BCUT2D eigenvalue weighted by atomic mass is 9.86. The van der Waals surface area contributed by atoms with E-state index in [4.69, 9.17) is 0 Å². The fraction of sp³-hybridized carbons (Fsp3) is 0.333. The van der Waals surface area contributed by atoms with E-state index in [1.807, 2.05) is 6.07 Å². The van der Waals surface area contributed by atoms with Crippen LogP contribution >= 0.6 is 0 Å². The first-order chi connectivity index (χ1) is 7.61. The lowest BCUT2D eigenvalue weighted by molar-refractivity contribution is -0.0846. The second-order valence-electron chi connectivity index (χ2n) is 3.90. The van der Waals surface area contributed by atoms with Crippen molar-refractivity contribution in [3.05, 3.63) is 42.0 Å². The van der Waals surface area contributed by atoms with Gasteiger partial charge in [0.05, 0.1) is 0 Å². The van der Waals surface area contributed by atoms with Gasteiger partial charge in [-0.05, 0) is 17.2 Å². The molecule has 0 radical (unpaired) electrons. The molecule has 0 aromatic heterocycles. The largest absolute Gasteiger partial charge is 0.387 e. The standard InChI is InChI=1S/C12H14O4/c13-9-6-8(7-4-2-1-3-5-7)10(14)12(16)11(9)15/h1-6,9-16H/t9-,10-,11+,12+/m0/s1. The Morgan fingerprint density at radius 1 is 0.812 bits per heavy atom. The summed E-state index contributed by atoms with van der Waals surface area (Å²) in [6.45, 7) is 0. The number of rotatable bonds is 1. The Hall–Kier alpha value is -1.20. The Kier molecular flexibility index (Phi) is 3.07. The van der Waals surface area contributed by atoms with Gasteiger partial charge in [0.25, 0.3) is 0 Å². The van der Waals surface area contributed by atoms with Crippen molar-refractivity contribution in [2.75, 3.05) is 0 Å². The smallest absolute Gasteiger partial charge is 0.113 e. The van der Waals surface area contributed by atoms with Crippen LogP contribution in [-0.4, -0.2) is 44.8 Å². The third-order valence-corrected chi connectivity index (χ3v) is 2.80. The average molecular weight is 222 g/mol. The minimum Gasteiger partial charge on any atom is -0.387 e. The highest BCUT2D eigenvalue weighted by Gasteiger charge is 2.36. The summed E-state index contributed by atoms with van der Waals surface area (Å²) in [5.41, 5.74) is 1.16. The summed E-state index contributed by atoms with van der Waals surface area (Å²) in [6.07, 6.45) is -3.68. The van der Waals surface area contributed by atoms with Crippen molar-refractivity contribution in [1.82, 2.24) is 0 Å². The molecule has 4 N–H and O–H groups in total. The van der Waals surface area contributed by atoms with E-state index in [1.165, 1.54) is 6.08 Å². The van der Waals surface area contributed by atoms with Crippen LogP contribution in [0, 0.1) is 0 Å². The monoisotopic (exact) mass is 222 g/mol. The highest BCUT2D eigenvalue weighted by molar-refractivity contribution is 5.70. The summed E-state index contributed by atoms with van der Waals surface area (Å²) < 4.78 is 0. The van der Waals surface area contributed by atoms with Crippen molar-refractivity contribution in [2.45, 2.75) is 24.4 Å². The van der Waals surface area contributed by atoms with E-state index in [0.29, 0.717) is 5.57 Å². The molecule has 0 spiro atoms. The predicted octanol–water partition coefficient (Wildman–Crippen LogP) is -0.473. The van der Waals surface area contributed by atoms with Crippen molar-refractivity contribution in [1.29, 1.82) is 0 Å². The SMILES string of the molecule is O[C@H]1[C@H](O)[C@@H](O)C(c2ccccc2)=C[C@@H]1O. The number of hydrogen-bond donors (Lipinski definition) is 4. The Morgan fingerprint density at radius 3 is 2.06 bits per heavy atom. The number of benzene rings is 1. The van der Waals surface area contributed by atoms with Crippen LogP contribution in [0.25, 0.3) is 5.57 Å². The minimum absolute atomic E-state index is 0.436. The predicted molar refractivity (Wildman–Crippen MR) is 58.4 cm³/mol. The molecule has 86 valence electrons. The number of aliphatic hydroxyl groups is 4. The fourth-order valence-corrected chi connectivity index (χ4v) is 1.85. The molecular formula is C12H14O4. The van der Waals surface area contributed by atoms with Gasteiger partial charge in [0.15, 0.2) is 0 Å². The zero-order chi connectivity index (χ0) is 11.7. The summed E-state index contributed by atoms with van der Waals surface area (Å²) in [7, 11) is 0. The molecule has 1 aliphatic carbocycles. The maximum Gasteiger partial charge on any atom is 0.113 e. The molecule has 0 amide bonds. The van der Waals surface area contributed by atoms with Crippen LogP contribution in [0.5, 0.6) is 0 Å². The third kappa shape index (κ3) is 1.88. The van der Waals surface area contributed by atoms with Crippen LogP contribution < -0.4 is 0 Å². The van der Waals surface area contributed by atoms with Gasteiger partial charge in [-0.2, -0.15) is 0 Å². The first-order valence-electron chi connectivity index (χ1n) is 5.10. The molecule has 4 atom stereocenters. The molecule has 1 aliphatic rings. The van der Waals surface area contributed by atoms with Crippen LogP contribution in [0.1, 0.15) is 5.56 Å². The maximum atomic E-state index is 9.79. The van der Waals surface area contributed by atoms with Gasteiger partial charge in [0, 0.05) is 0 Å². The Morgan fingerprint density at radius 2 is 1.44 bits per heavy atom. The normalized spacial score (nSPS) is 34.6. The Balaban J connectivity index is 2.38. The molecule has 0 saturated carbocycles. The molecule has 16 heavy (non-hydrogen) atoms. The van der Waals surface area contributed by atoms with Crippen molar-refractivity contribution < 1.29 is 20.4 Å². The summed E-state index contributed by atoms with van der Waals surface area (Å²) >= 11 is 0. The zero-order valence-electron chi connectivity index (χ0n) is 8.56. The lowest BCUT2D eigenvalue weighted by Gasteiger charge is -2.32. The quantitative estimate of drug-likeness (QED) is 0.517. The van der Waals surface area contributed by atoms with E-state index in [0.717, 1.165) is 5.56 Å². The van der Waals surface area contributed by atoms with Crippen molar-refractivity contribution >= 4 is 5.57 Å². The minimum atomic E-state index is -1.37. The van der Waals surface area contributed by atoms with Gasteiger partial charge >= 0.3 is 0 Å². The molecule has 0 fully saturated rings. The van der Waals surface area contributed by atoms with E-state index in [1.54, 1.807) is 24.3 Å². The van der Waals surface area contributed by atoms with Gasteiger partial charge in [-0.15, -0.1) is 0 Å². The first kappa shape index (κ1) is 11.3. The van der Waals surface area contributed by atoms with Gasteiger partial charge in [-0.1, -0.05) is 30.3 Å². The van der Waals surface area contributed by atoms with Crippen LogP contribution in [0.3, 0.4) is 0 Å². The van der Waals surface area contributed by atoms with E-state index in [2.05, 4.69) is 0 Å². The third-order valence-electron chi connectivity index (χ3n) is 2.80. The van der Waals surface area contributed by atoms with E-state index < -0.39 is 24.4 Å². The van der Waals surface area contributed by atoms with Gasteiger partial charge in [0.2, 0.25) is 0 Å². The molecule has 1 aromatic rings. The average Bonchev–Trinajstić information content (AvgIpc) is 2.32. The number of hydrogen-bond acceptors (Lipinski definition) is 4. The molecule has 0 heterocycles. The summed E-state index contributed by atoms with van der Waals surface area (Å²) in [5.74, 6) is 0. The fourth-order valence-electron chi connectivity index (χ4n) is 1.85. The van der Waals surface area contributed by atoms with E-state index in [-0.39, 0.29) is 0 Å². The van der Waals surface area contributed by atoms with Crippen LogP contribution in [0.15, 0.2) is 36.4 Å². The van der Waals surface area contributed by atoms with Gasteiger partial charge < -0.3 is 20.4 Å². The highest BCUT2D eigenvalue weighted by Crippen LogP contribution is 2.27. The zero-order valence-corrected chi connectivity index (χ0v) is 8.56. The first-order valence-corrected chi connectivity index (χ1v) is 5.10. The van der Waals surface area contributed by atoms with Crippen molar-refractivity contribution in [3.63, 3.8) is 0 Å². The highest BCUT2D eigenvalue weighted by atomic mass is 16.4. The topological polar surface area (TPSA) is 80.9 Å². The molecule has 0 unspecified atom stereocenters. The number of aliphatic hydroxyl groups excluding tert-OH is 4. The molecule has 0 saturated heterocycles. The molecule has 2 rings (SSSR count). The van der Waals surface area contributed by atoms with Gasteiger partial charge in [-0.25, -0.2) is 0 Å². The van der Waals surface area contributed by atoms with Crippen LogP contribution in [-0.2, 0) is 0 Å². The summed E-state index contributed by atoms with van der Waals surface area (Å²) in [5, 5.41) is 38.2. The van der Waals surface area contributed by atoms with E-state index >= 15 is 0 Å². The van der Waals surface area contributed by atoms with E-state index in [9.17, 15) is 20.4 Å². The van der Waals surface area contributed by atoms with Crippen LogP contribution in [0.2, 0.25) is 0 Å².